The molecule has 19 heavy (non-hydrogen) atoms. The number of anilines is 2. The Balaban J connectivity index is 2.33. The highest BCUT2D eigenvalue weighted by molar-refractivity contribution is 5.68. The first-order valence-corrected chi connectivity index (χ1v) is 7.06. The number of hydrogen-bond donors (Lipinski definition) is 2. The third-order valence-electron chi connectivity index (χ3n) is 3.17. The van der Waals surface area contributed by atoms with Gasteiger partial charge in [0.15, 0.2) is 11.6 Å². The summed E-state index contributed by atoms with van der Waals surface area (Å²) >= 11 is 0. The number of ether oxygens (including phenoxy) is 1. The van der Waals surface area contributed by atoms with Crippen molar-refractivity contribution in [1.29, 1.82) is 0 Å². The van der Waals surface area contributed by atoms with Crippen molar-refractivity contribution in [2.24, 2.45) is 0 Å². The molecule has 0 spiro atoms. The summed E-state index contributed by atoms with van der Waals surface area (Å²) in [6, 6.07) is 2.91. The topological polar surface area (TPSA) is 47.3 Å². The number of hydrogen-bond acceptors (Lipinski definition) is 3. The molecule has 0 unspecified atom stereocenters. The van der Waals surface area contributed by atoms with Crippen LogP contribution < -0.4 is 15.8 Å². The maximum atomic E-state index is 13.4. The molecule has 0 fully saturated rings. The summed E-state index contributed by atoms with van der Waals surface area (Å²) in [6.07, 6.45) is 7.48. The molecular weight excluding hydrogens is 243 g/mol. The molecule has 3 nitrogen and oxygen atoms in total. The number of benzene rings is 1. The first-order valence-electron chi connectivity index (χ1n) is 7.06. The number of methoxy groups -OCH3 is 1. The van der Waals surface area contributed by atoms with E-state index in [-0.39, 0.29) is 5.75 Å². The zero-order valence-electron chi connectivity index (χ0n) is 12.0. The molecule has 3 N–H and O–H groups in total. The summed E-state index contributed by atoms with van der Waals surface area (Å²) in [5, 5.41) is 3.23. The second-order valence-corrected chi connectivity index (χ2v) is 4.77. The van der Waals surface area contributed by atoms with Crippen molar-refractivity contribution in [3.8, 4) is 5.75 Å². The van der Waals surface area contributed by atoms with Gasteiger partial charge in [0, 0.05) is 18.7 Å². The summed E-state index contributed by atoms with van der Waals surface area (Å²) in [5.74, 6) is -0.204. The van der Waals surface area contributed by atoms with Crippen molar-refractivity contribution in [3.05, 3.63) is 17.9 Å². The maximum Gasteiger partial charge on any atom is 0.167 e. The van der Waals surface area contributed by atoms with Crippen molar-refractivity contribution in [1.82, 2.24) is 0 Å². The van der Waals surface area contributed by atoms with Crippen LogP contribution in [0.1, 0.15) is 45.4 Å². The average Bonchev–Trinajstić information content (AvgIpc) is 2.40. The lowest BCUT2D eigenvalue weighted by Gasteiger charge is -2.11. The highest BCUT2D eigenvalue weighted by Gasteiger charge is 2.07. The van der Waals surface area contributed by atoms with Gasteiger partial charge < -0.3 is 15.8 Å². The van der Waals surface area contributed by atoms with Gasteiger partial charge in [-0.15, -0.1) is 0 Å². The van der Waals surface area contributed by atoms with E-state index in [9.17, 15) is 4.39 Å². The summed E-state index contributed by atoms with van der Waals surface area (Å²) in [5.41, 5.74) is 6.93. The minimum Gasteiger partial charge on any atom is -0.494 e. The molecule has 0 amide bonds. The Labute approximate surface area is 115 Å². The lowest BCUT2D eigenvalue weighted by molar-refractivity contribution is 0.387. The van der Waals surface area contributed by atoms with Crippen molar-refractivity contribution >= 4 is 11.4 Å². The van der Waals surface area contributed by atoms with E-state index in [1.54, 1.807) is 6.07 Å². The van der Waals surface area contributed by atoms with E-state index < -0.39 is 5.82 Å². The number of halogens is 1. The monoisotopic (exact) mass is 268 g/mol. The number of nitrogens with one attached hydrogen (secondary N) is 1. The average molecular weight is 268 g/mol. The highest BCUT2D eigenvalue weighted by atomic mass is 19.1. The van der Waals surface area contributed by atoms with Gasteiger partial charge in [-0.3, -0.25) is 0 Å². The molecule has 0 aromatic heterocycles. The molecule has 0 atom stereocenters. The first-order chi connectivity index (χ1) is 9.19. The quantitative estimate of drug-likeness (QED) is 0.521. The zero-order chi connectivity index (χ0) is 14.1. The van der Waals surface area contributed by atoms with Gasteiger partial charge in [0.2, 0.25) is 0 Å². The van der Waals surface area contributed by atoms with Crippen molar-refractivity contribution in [2.75, 3.05) is 24.7 Å². The number of nitrogen functional groups attached to an aromatic ring is 1. The van der Waals surface area contributed by atoms with Gasteiger partial charge in [-0.05, 0) is 6.42 Å². The van der Waals surface area contributed by atoms with Crippen LogP contribution in [0.15, 0.2) is 12.1 Å². The van der Waals surface area contributed by atoms with Crippen LogP contribution in [0.5, 0.6) is 5.75 Å². The standard InChI is InChI=1S/C15H25FN2O/c1-3-4-5-6-7-8-9-18-14-11-15(19-2)12(16)10-13(14)17/h10-11,18H,3-9,17H2,1-2H3. The first kappa shape index (κ1) is 15.6. The van der Waals surface area contributed by atoms with Gasteiger partial charge in [0.1, 0.15) is 0 Å². The molecule has 1 rings (SSSR count). The molecule has 0 aliphatic carbocycles. The Morgan fingerprint density at radius 2 is 1.84 bits per heavy atom. The molecule has 108 valence electrons. The molecule has 0 aliphatic rings. The third-order valence-corrected chi connectivity index (χ3v) is 3.17. The van der Waals surface area contributed by atoms with E-state index in [1.807, 2.05) is 0 Å². The van der Waals surface area contributed by atoms with Crippen molar-refractivity contribution < 1.29 is 9.13 Å². The fourth-order valence-corrected chi connectivity index (χ4v) is 2.01. The highest BCUT2D eigenvalue weighted by Crippen LogP contribution is 2.27. The fourth-order valence-electron chi connectivity index (χ4n) is 2.01. The van der Waals surface area contributed by atoms with Crippen LogP contribution in [0.2, 0.25) is 0 Å². The number of rotatable bonds is 9. The molecule has 1 aromatic carbocycles. The van der Waals surface area contributed by atoms with Crippen LogP contribution >= 0.6 is 0 Å². The van der Waals surface area contributed by atoms with Gasteiger partial charge in [-0.1, -0.05) is 39.0 Å². The smallest absolute Gasteiger partial charge is 0.167 e. The Morgan fingerprint density at radius 1 is 1.16 bits per heavy atom. The Morgan fingerprint density at radius 3 is 2.53 bits per heavy atom. The van der Waals surface area contributed by atoms with E-state index in [0.717, 1.165) is 18.7 Å². The Hall–Kier alpha value is -1.45. The summed E-state index contributed by atoms with van der Waals surface area (Å²) in [7, 11) is 1.45. The Bertz CT molecular complexity index is 383. The molecular formula is C15H25FN2O. The second kappa shape index (κ2) is 8.62. The van der Waals surface area contributed by atoms with E-state index in [4.69, 9.17) is 10.5 Å². The SMILES string of the molecule is CCCCCCCCNc1cc(OC)c(F)cc1N. The molecule has 0 saturated heterocycles. The van der Waals surface area contributed by atoms with E-state index in [1.165, 1.54) is 45.3 Å². The van der Waals surface area contributed by atoms with Crippen LogP contribution in [-0.4, -0.2) is 13.7 Å². The van der Waals surface area contributed by atoms with E-state index in [0.29, 0.717) is 5.69 Å². The predicted molar refractivity (Wildman–Crippen MR) is 79.2 cm³/mol. The fraction of sp³-hybridized carbons (Fsp3) is 0.600. The molecule has 4 heteroatoms. The minimum atomic E-state index is -0.426. The summed E-state index contributed by atoms with van der Waals surface area (Å²) in [4.78, 5) is 0. The summed E-state index contributed by atoms with van der Waals surface area (Å²) in [6.45, 7) is 3.07. The lowest BCUT2D eigenvalue weighted by Crippen LogP contribution is -2.05. The van der Waals surface area contributed by atoms with Crippen LogP contribution in [-0.2, 0) is 0 Å². The van der Waals surface area contributed by atoms with Crippen molar-refractivity contribution in [2.45, 2.75) is 45.4 Å². The van der Waals surface area contributed by atoms with Gasteiger partial charge >= 0.3 is 0 Å². The largest absolute Gasteiger partial charge is 0.494 e. The lowest BCUT2D eigenvalue weighted by atomic mass is 10.1. The van der Waals surface area contributed by atoms with E-state index >= 15 is 0 Å². The van der Waals surface area contributed by atoms with Crippen LogP contribution in [0.25, 0.3) is 0 Å². The van der Waals surface area contributed by atoms with Gasteiger partial charge in [0.25, 0.3) is 0 Å². The molecule has 0 radical (unpaired) electrons. The molecule has 0 saturated carbocycles. The Kier molecular flexibility index (Phi) is 7.08. The summed E-state index contributed by atoms with van der Waals surface area (Å²) < 4.78 is 18.3. The molecule has 0 bridgehead atoms. The zero-order valence-corrected chi connectivity index (χ0v) is 12.0. The number of unbranched alkanes of at least 4 members (excludes halogenated alkanes) is 5. The van der Waals surface area contributed by atoms with Crippen LogP contribution in [0.3, 0.4) is 0 Å². The van der Waals surface area contributed by atoms with Gasteiger partial charge in [-0.2, -0.15) is 0 Å². The molecule has 0 heterocycles. The molecule has 1 aromatic rings. The van der Waals surface area contributed by atoms with Gasteiger partial charge in [-0.25, -0.2) is 4.39 Å². The number of nitrogens with two attached hydrogens (primary N) is 1. The van der Waals surface area contributed by atoms with Gasteiger partial charge in [0.05, 0.1) is 18.5 Å². The molecule has 0 aliphatic heterocycles. The minimum absolute atomic E-state index is 0.222. The normalized spacial score (nSPS) is 10.5. The predicted octanol–water partition coefficient (Wildman–Crippen LogP) is 4.19. The van der Waals surface area contributed by atoms with Crippen molar-refractivity contribution in [3.63, 3.8) is 0 Å². The maximum absolute atomic E-state index is 13.4. The second-order valence-electron chi connectivity index (χ2n) is 4.77. The third kappa shape index (κ3) is 5.37. The van der Waals surface area contributed by atoms with Crippen LogP contribution in [0.4, 0.5) is 15.8 Å². The van der Waals surface area contributed by atoms with E-state index in [2.05, 4.69) is 12.2 Å². The van der Waals surface area contributed by atoms with Crippen LogP contribution in [0, 0.1) is 5.82 Å².